The highest BCUT2D eigenvalue weighted by molar-refractivity contribution is 5.81. The first-order valence-corrected chi connectivity index (χ1v) is 6.52. The first-order chi connectivity index (χ1) is 8.47. The molecule has 0 aromatic heterocycles. The van der Waals surface area contributed by atoms with Crippen molar-refractivity contribution in [1.82, 2.24) is 5.32 Å². The van der Waals surface area contributed by atoms with E-state index < -0.39 is 6.10 Å². The summed E-state index contributed by atoms with van der Waals surface area (Å²) < 4.78 is 5.79. The Bertz CT molecular complexity index is 464. The molecule has 98 valence electrons. The summed E-state index contributed by atoms with van der Waals surface area (Å²) in [4.78, 5) is 11.8. The number of amides is 1. The molecule has 0 aliphatic heterocycles. The molecule has 1 aromatic carbocycles. The number of hydrogen-bond donors (Lipinski definition) is 1. The molecule has 1 saturated carbocycles. The Morgan fingerprint density at radius 1 is 1.33 bits per heavy atom. The molecule has 1 N–H and O–H groups in total. The second-order valence-corrected chi connectivity index (χ2v) is 5.25. The number of carbonyl (C=O) groups is 1. The lowest BCUT2D eigenvalue weighted by Gasteiger charge is -2.17. The van der Waals surface area contributed by atoms with Crippen LogP contribution in [-0.4, -0.2) is 18.1 Å². The zero-order valence-corrected chi connectivity index (χ0v) is 11.5. The van der Waals surface area contributed by atoms with Crippen molar-refractivity contribution in [2.45, 2.75) is 52.7 Å². The third-order valence-corrected chi connectivity index (χ3v) is 3.36. The molecule has 0 spiro atoms. The van der Waals surface area contributed by atoms with Crippen LogP contribution in [0.15, 0.2) is 12.1 Å². The minimum atomic E-state index is -0.439. The molecule has 1 aliphatic rings. The predicted octanol–water partition coefficient (Wildman–Crippen LogP) is 2.66. The van der Waals surface area contributed by atoms with Gasteiger partial charge in [0, 0.05) is 6.04 Å². The van der Waals surface area contributed by atoms with Crippen LogP contribution in [0.25, 0.3) is 0 Å². The van der Waals surface area contributed by atoms with E-state index in [2.05, 4.69) is 18.3 Å². The molecule has 1 amide bonds. The summed E-state index contributed by atoms with van der Waals surface area (Å²) in [5.74, 6) is 0.794. The van der Waals surface area contributed by atoms with Crippen LogP contribution in [0, 0.1) is 20.8 Å². The average molecular weight is 247 g/mol. The SMILES string of the molecule is Cc1cc(C)c(C)c(OC(C)C(=O)NC2CC2)c1. The van der Waals surface area contributed by atoms with Crippen LogP contribution in [0.5, 0.6) is 5.75 Å². The zero-order chi connectivity index (χ0) is 13.3. The Morgan fingerprint density at radius 3 is 2.61 bits per heavy atom. The zero-order valence-electron chi connectivity index (χ0n) is 11.5. The molecule has 1 atom stereocenters. The van der Waals surface area contributed by atoms with Gasteiger partial charge in [-0.2, -0.15) is 0 Å². The molecule has 1 aromatic rings. The maximum atomic E-state index is 11.8. The van der Waals surface area contributed by atoms with Crippen LogP contribution in [0.2, 0.25) is 0 Å². The van der Waals surface area contributed by atoms with Gasteiger partial charge in [0.2, 0.25) is 0 Å². The quantitative estimate of drug-likeness (QED) is 0.888. The van der Waals surface area contributed by atoms with E-state index >= 15 is 0 Å². The summed E-state index contributed by atoms with van der Waals surface area (Å²) in [7, 11) is 0. The lowest BCUT2D eigenvalue weighted by atomic mass is 10.1. The number of hydrogen-bond acceptors (Lipinski definition) is 2. The van der Waals surface area contributed by atoms with Gasteiger partial charge in [-0.15, -0.1) is 0 Å². The van der Waals surface area contributed by atoms with E-state index in [0.29, 0.717) is 6.04 Å². The van der Waals surface area contributed by atoms with Gasteiger partial charge in [0.05, 0.1) is 0 Å². The molecule has 1 unspecified atom stereocenters. The van der Waals surface area contributed by atoms with E-state index in [-0.39, 0.29) is 5.91 Å². The van der Waals surface area contributed by atoms with Crippen molar-refractivity contribution in [3.8, 4) is 5.75 Å². The van der Waals surface area contributed by atoms with Gasteiger partial charge in [-0.3, -0.25) is 4.79 Å². The number of ether oxygens (including phenoxy) is 1. The first-order valence-electron chi connectivity index (χ1n) is 6.52. The molecule has 0 bridgehead atoms. The van der Waals surface area contributed by atoms with Crippen LogP contribution < -0.4 is 10.1 Å². The fourth-order valence-corrected chi connectivity index (χ4v) is 1.91. The molecule has 0 saturated heterocycles. The van der Waals surface area contributed by atoms with Gasteiger partial charge in [0.25, 0.3) is 5.91 Å². The van der Waals surface area contributed by atoms with Gasteiger partial charge in [0.15, 0.2) is 6.10 Å². The lowest BCUT2D eigenvalue weighted by Crippen LogP contribution is -2.37. The maximum Gasteiger partial charge on any atom is 0.260 e. The van der Waals surface area contributed by atoms with Gasteiger partial charge in [-0.25, -0.2) is 0 Å². The first kappa shape index (κ1) is 12.9. The van der Waals surface area contributed by atoms with Crippen LogP contribution in [-0.2, 0) is 4.79 Å². The maximum absolute atomic E-state index is 11.8. The molecule has 0 radical (unpaired) electrons. The number of aryl methyl sites for hydroxylation is 2. The summed E-state index contributed by atoms with van der Waals surface area (Å²) in [5, 5.41) is 2.96. The summed E-state index contributed by atoms with van der Waals surface area (Å²) in [6, 6.07) is 4.49. The van der Waals surface area contributed by atoms with Crippen LogP contribution in [0.1, 0.15) is 36.5 Å². The minimum Gasteiger partial charge on any atom is -0.481 e. The second kappa shape index (κ2) is 5.01. The van der Waals surface area contributed by atoms with Crippen molar-refractivity contribution in [3.63, 3.8) is 0 Å². The lowest BCUT2D eigenvalue weighted by molar-refractivity contribution is -0.127. The second-order valence-electron chi connectivity index (χ2n) is 5.25. The van der Waals surface area contributed by atoms with E-state index in [1.54, 1.807) is 6.92 Å². The molecule has 1 fully saturated rings. The van der Waals surface area contributed by atoms with Crippen molar-refractivity contribution in [2.75, 3.05) is 0 Å². The van der Waals surface area contributed by atoms with Crippen molar-refractivity contribution in [3.05, 3.63) is 28.8 Å². The van der Waals surface area contributed by atoms with Gasteiger partial charge < -0.3 is 10.1 Å². The molecule has 0 heterocycles. The van der Waals surface area contributed by atoms with Crippen molar-refractivity contribution in [2.24, 2.45) is 0 Å². The molecule has 1 aliphatic carbocycles. The largest absolute Gasteiger partial charge is 0.481 e. The van der Waals surface area contributed by atoms with E-state index in [0.717, 1.165) is 29.7 Å². The highest BCUT2D eigenvalue weighted by atomic mass is 16.5. The van der Waals surface area contributed by atoms with E-state index in [1.807, 2.05) is 19.9 Å². The molecule has 3 nitrogen and oxygen atoms in total. The van der Waals surface area contributed by atoms with E-state index in [4.69, 9.17) is 4.74 Å². The highest BCUT2D eigenvalue weighted by Crippen LogP contribution is 2.25. The predicted molar refractivity (Wildman–Crippen MR) is 71.9 cm³/mol. The Kier molecular flexibility index (Phi) is 3.60. The summed E-state index contributed by atoms with van der Waals surface area (Å²) in [6.45, 7) is 7.92. The van der Waals surface area contributed by atoms with Crippen molar-refractivity contribution < 1.29 is 9.53 Å². The number of benzene rings is 1. The monoisotopic (exact) mass is 247 g/mol. The van der Waals surface area contributed by atoms with Crippen LogP contribution >= 0.6 is 0 Å². The van der Waals surface area contributed by atoms with Crippen LogP contribution in [0.3, 0.4) is 0 Å². The molecular weight excluding hydrogens is 226 g/mol. The van der Waals surface area contributed by atoms with Gasteiger partial charge in [-0.1, -0.05) is 6.07 Å². The molecule has 18 heavy (non-hydrogen) atoms. The van der Waals surface area contributed by atoms with Crippen molar-refractivity contribution in [1.29, 1.82) is 0 Å². The summed E-state index contributed by atoms with van der Waals surface area (Å²) in [5.41, 5.74) is 3.45. The summed E-state index contributed by atoms with van der Waals surface area (Å²) in [6.07, 6.45) is 1.76. The Balaban J connectivity index is 2.05. The molecule has 2 rings (SSSR count). The summed E-state index contributed by atoms with van der Waals surface area (Å²) >= 11 is 0. The minimum absolute atomic E-state index is 0.0175. The smallest absolute Gasteiger partial charge is 0.260 e. The number of rotatable bonds is 4. The Hall–Kier alpha value is -1.51. The number of nitrogens with one attached hydrogen (secondary N) is 1. The Morgan fingerprint density at radius 2 is 2.00 bits per heavy atom. The van der Waals surface area contributed by atoms with Crippen molar-refractivity contribution >= 4 is 5.91 Å². The fourth-order valence-electron chi connectivity index (χ4n) is 1.91. The topological polar surface area (TPSA) is 38.3 Å². The van der Waals surface area contributed by atoms with Gasteiger partial charge in [0.1, 0.15) is 5.75 Å². The number of carbonyl (C=O) groups excluding carboxylic acids is 1. The normalized spacial score (nSPS) is 16.2. The van der Waals surface area contributed by atoms with E-state index in [1.165, 1.54) is 5.56 Å². The van der Waals surface area contributed by atoms with E-state index in [9.17, 15) is 4.79 Å². The third kappa shape index (κ3) is 3.03. The third-order valence-electron chi connectivity index (χ3n) is 3.36. The van der Waals surface area contributed by atoms with Gasteiger partial charge in [-0.05, 0) is 63.3 Å². The van der Waals surface area contributed by atoms with Crippen LogP contribution in [0.4, 0.5) is 0 Å². The molecular formula is C15H21NO2. The molecule has 3 heteroatoms. The Labute approximate surface area is 109 Å². The fraction of sp³-hybridized carbons (Fsp3) is 0.533. The average Bonchev–Trinajstić information content (AvgIpc) is 3.08. The standard InChI is InChI=1S/C15H21NO2/c1-9-7-10(2)11(3)14(8-9)18-12(4)15(17)16-13-5-6-13/h7-8,12-13H,5-6H2,1-4H3,(H,16,17). The highest BCUT2D eigenvalue weighted by Gasteiger charge is 2.26. The van der Waals surface area contributed by atoms with Gasteiger partial charge >= 0.3 is 0 Å².